The number of anilines is 1. The largest absolute Gasteiger partial charge is 0.463 e. The van der Waals surface area contributed by atoms with Crippen LogP contribution >= 0.6 is 0 Å². The molecule has 2 heterocycles. The van der Waals surface area contributed by atoms with Crippen molar-refractivity contribution in [3.05, 3.63) is 53.5 Å². The number of hydrogen-bond acceptors (Lipinski definition) is 3. The first-order chi connectivity index (χ1) is 8.86. The van der Waals surface area contributed by atoms with E-state index in [1.165, 1.54) is 11.3 Å². The van der Waals surface area contributed by atoms with Gasteiger partial charge in [0.25, 0.3) is 0 Å². The summed E-state index contributed by atoms with van der Waals surface area (Å²) in [4.78, 5) is 2.39. The number of para-hydroxylation sites is 1. The first-order valence-electron chi connectivity index (χ1n) is 6.42. The van der Waals surface area contributed by atoms with Gasteiger partial charge < -0.3 is 14.6 Å². The normalized spacial score (nSPS) is 13.9. The minimum atomic E-state index is 0.788. The molecular formula is C15H18N2O. The van der Waals surface area contributed by atoms with E-state index in [-0.39, 0.29) is 0 Å². The van der Waals surface area contributed by atoms with Crippen molar-refractivity contribution < 1.29 is 4.42 Å². The molecule has 1 N–H and O–H groups in total. The monoisotopic (exact) mass is 242 g/mol. The molecule has 0 aliphatic carbocycles. The van der Waals surface area contributed by atoms with Crippen molar-refractivity contribution in [1.29, 1.82) is 0 Å². The quantitative estimate of drug-likeness (QED) is 0.893. The van der Waals surface area contributed by atoms with E-state index in [1.54, 1.807) is 0 Å². The summed E-state index contributed by atoms with van der Waals surface area (Å²) in [6, 6.07) is 12.7. The number of nitrogens with one attached hydrogen (secondary N) is 1. The zero-order chi connectivity index (χ0) is 12.4. The second-order valence-corrected chi connectivity index (χ2v) is 4.70. The minimum absolute atomic E-state index is 0.788. The van der Waals surface area contributed by atoms with E-state index >= 15 is 0 Å². The molecule has 0 saturated heterocycles. The van der Waals surface area contributed by atoms with Gasteiger partial charge in [0.15, 0.2) is 0 Å². The van der Waals surface area contributed by atoms with Crippen molar-refractivity contribution in [3.8, 4) is 0 Å². The van der Waals surface area contributed by atoms with E-state index in [2.05, 4.69) is 40.5 Å². The number of benzene rings is 1. The van der Waals surface area contributed by atoms with Crippen LogP contribution in [-0.4, -0.2) is 13.6 Å². The first-order valence-corrected chi connectivity index (χ1v) is 6.42. The summed E-state index contributed by atoms with van der Waals surface area (Å²) in [6.07, 6.45) is 1.14. The van der Waals surface area contributed by atoms with Crippen LogP contribution in [0.15, 0.2) is 40.8 Å². The van der Waals surface area contributed by atoms with Crippen LogP contribution in [0.1, 0.15) is 17.1 Å². The maximum absolute atomic E-state index is 5.80. The van der Waals surface area contributed by atoms with Crippen molar-refractivity contribution >= 4 is 5.69 Å². The molecule has 1 aromatic carbocycles. The third-order valence-electron chi connectivity index (χ3n) is 3.40. The van der Waals surface area contributed by atoms with Gasteiger partial charge in [0, 0.05) is 12.2 Å². The topological polar surface area (TPSA) is 28.4 Å². The Hall–Kier alpha value is -1.74. The highest BCUT2D eigenvalue weighted by atomic mass is 16.3. The summed E-state index contributed by atoms with van der Waals surface area (Å²) in [5.41, 5.74) is 2.79. The van der Waals surface area contributed by atoms with Gasteiger partial charge >= 0.3 is 0 Å². The SMILES string of the molecule is CNCc1ccc(CN2CCc3ccccc32)o1. The van der Waals surface area contributed by atoms with E-state index in [0.717, 1.165) is 37.6 Å². The van der Waals surface area contributed by atoms with Gasteiger partial charge in [0.05, 0.1) is 13.1 Å². The number of furan rings is 1. The predicted molar refractivity (Wildman–Crippen MR) is 72.7 cm³/mol. The van der Waals surface area contributed by atoms with Crippen LogP contribution in [-0.2, 0) is 19.5 Å². The van der Waals surface area contributed by atoms with E-state index in [0.29, 0.717) is 0 Å². The molecule has 94 valence electrons. The average molecular weight is 242 g/mol. The zero-order valence-corrected chi connectivity index (χ0v) is 10.6. The molecule has 0 spiro atoms. The number of rotatable bonds is 4. The van der Waals surface area contributed by atoms with Crippen LogP contribution in [0.5, 0.6) is 0 Å². The van der Waals surface area contributed by atoms with Gasteiger partial charge in [0.1, 0.15) is 11.5 Å². The third-order valence-corrected chi connectivity index (χ3v) is 3.40. The Morgan fingerprint density at radius 3 is 2.89 bits per heavy atom. The van der Waals surface area contributed by atoms with Crippen molar-refractivity contribution in [3.63, 3.8) is 0 Å². The van der Waals surface area contributed by atoms with Gasteiger partial charge in [-0.2, -0.15) is 0 Å². The van der Waals surface area contributed by atoms with Crippen molar-refractivity contribution in [2.24, 2.45) is 0 Å². The van der Waals surface area contributed by atoms with E-state index < -0.39 is 0 Å². The molecule has 1 aromatic heterocycles. The van der Waals surface area contributed by atoms with Gasteiger partial charge in [-0.1, -0.05) is 18.2 Å². The van der Waals surface area contributed by atoms with Crippen LogP contribution < -0.4 is 10.2 Å². The lowest BCUT2D eigenvalue weighted by atomic mass is 10.2. The summed E-state index contributed by atoms with van der Waals surface area (Å²) in [5, 5.41) is 3.10. The molecule has 1 aliphatic rings. The number of nitrogens with zero attached hydrogens (tertiary/aromatic N) is 1. The predicted octanol–water partition coefficient (Wildman–Crippen LogP) is 2.56. The molecule has 0 atom stereocenters. The number of fused-ring (bicyclic) bond motifs is 1. The molecule has 0 radical (unpaired) electrons. The van der Waals surface area contributed by atoms with E-state index in [4.69, 9.17) is 4.42 Å². The molecule has 1 aliphatic heterocycles. The van der Waals surface area contributed by atoms with Crippen LogP contribution in [0, 0.1) is 0 Å². The Balaban J connectivity index is 1.73. The Morgan fingerprint density at radius 1 is 1.17 bits per heavy atom. The average Bonchev–Trinajstić information content (AvgIpc) is 2.99. The summed E-state index contributed by atoms with van der Waals surface area (Å²) in [6.45, 7) is 2.73. The molecule has 2 aromatic rings. The Morgan fingerprint density at radius 2 is 2.00 bits per heavy atom. The molecule has 3 heteroatoms. The van der Waals surface area contributed by atoms with Crippen LogP contribution in [0.4, 0.5) is 5.69 Å². The molecule has 3 nitrogen and oxygen atoms in total. The fourth-order valence-electron chi connectivity index (χ4n) is 2.54. The molecule has 18 heavy (non-hydrogen) atoms. The van der Waals surface area contributed by atoms with Crippen LogP contribution in [0.3, 0.4) is 0 Å². The van der Waals surface area contributed by atoms with Crippen molar-refractivity contribution in [2.45, 2.75) is 19.5 Å². The maximum atomic E-state index is 5.80. The number of hydrogen-bond donors (Lipinski definition) is 1. The van der Waals surface area contributed by atoms with Crippen LogP contribution in [0.25, 0.3) is 0 Å². The van der Waals surface area contributed by atoms with Crippen LogP contribution in [0.2, 0.25) is 0 Å². The van der Waals surface area contributed by atoms with E-state index in [1.807, 2.05) is 13.1 Å². The van der Waals surface area contributed by atoms with Gasteiger partial charge in [-0.25, -0.2) is 0 Å². The summed E-state index contributed by atoms with van der Waals surface area (Å²) in [5.74, 6) is 2.04. The third kappa shape index (κ3) is 2.14. The fourth-order valence-corrected chi connectivity index (χ4v) is 2.54. The Kier molecular flexibility index (Phi) is 3.07. The molecule has 0 fully saturated rings. The molecule has 0 saturated carbocycles. The second kappa shape index (κ2) is 4.86. The van der Waals surface area contributed by atoms with E-state index in [9.17, 15) is 0 Å². The highest BCUT2D eigenvalue weighted by Crippen LogP contribution is 2.29. The Labute approximate surface area is 107 Å². The van der Waals surface area contributed by atoms with Gasteiger partial charge in [-0.05, 0) is 37.2 Å². The summed E-state index contributed by atoms with van der Waals surface area (Å²) in [7, 11) is 1.93. The highest BCUT2D eigenvalue weighted by Gasteiger charge is 2.19. The lowest BCUT2D eigenvalue weighted by molar-refractivity contribution is 0.452. The second-order valence-electron chi connectivity index (χ2n) is 4.70. The molecule has 0 bridgehead atoms. The summed E-state index contributed by atoms with van der Waals surface area (Å²) < 4.78 is 5.80. The maximum Gasteiger partial charge on any atom is 0.123 e. The summed E-state index contributed by atoms with van der Waals surface area (Å²) >= 11 is 0. The minimum Gasteiger partial charge on any atom is -0.463 e. The molecular weight excluding hydrogens is 224 g/mol. The smallest absolute Gasteiger partial charge is 0.123 e. The molecule has 0 amide bonds. The zero-order valence-electron chi connectivity index (χ0n) is 10.6. The van der Waals surface area contributed by atoms with Gasteiger partial charge in [0.2, 0.25) is 0 Å². The van der Waals surface area contributed by atoms with Crippen molar-refractivity contribution in [2.75, 3.05) is 18.5 Å². The Bertz CT molecular complexity index is 533. The fraction of sp³-hybridized carbons (Fsp3) is 0.333. The molecule has 0 unspecified atom stereocenters. The van der Waals surface area contributed by atoms with Gasteiger partial charge in [-0.3, -0.25) is 0 Å². The highest BCUT2D eigenvalue weighted by molar-refractivity contribution is 5.57. The first kappa shape index (κ1) is 11.4. The van der Waals surface area contributed by atoms with Gasteiger partial charge in [-0.15, -0.1) is 0 Å². The standard InChI is InChI=1S/C15H18N2O/c1-16-10-13-6-7-14(18-13)11-17-9-8-12-4-2-3-5-15(12)17/h2-7,16H,8-11H2,1H3. The lowest BCUT2D eigenvalue weighted by Gasteiger charge is -2.17. The lowest BCUT2D eigenvalue weighted by Crippen LogP contribution is -2.19. The molecule has 3 rings (SSSR count). The van der Waals surface area contributed by atoms with Crippen molar-refractivity contribution in [1.82, 2.24) is 5.32 Å².